The number of Topliss-reactive ketones (excluding diaryl/α,β-unsaturated/α-hetero) is 1. The zero-order valence-corrected chi connectivity index (χ0v) is 13.1. The lowest BCUT2D eigenvalue weighted by Crippen LogP contribution is -2.39. The summed E-state index contributed by atoms with van der Waals surface area (Å²) < 4.78 is 6.04. The third-order valence-electron chi connectivity index (χ3n) is 5.03. The molecule has 1 spiro atoms. The van der Waals surface area contributed by atoms with Crippen LogP contribution in [0.5, 0.6) is 0 Å². The summed E-state index contributed by atoms with van der Waals surface area (Å²) in [6.45, 7) is 0.740. The molecule has 1 aromatic rings. The smallest absolute Gasteiger partial charge is 0.166 e. The highest BCUT2D eigenvalue weighted by atomic mass is 16.5. The van der Waals surface area contributed by atoms with Crippen LogP contribution in [-0.2, 0) is 4.74 Å². The fourth-order valence-electron chi connectivity index (χ4n) is 3.79. The lowest BCUT2D eigenvalue weighted by atomic mass is 9.80. The first kappa shape index (κ1) is 14.6. The molecule has 0 bridgehead atoms. The van der Waals surface area contributed by atoms with Crippen molar-refractivity contribution in [3.63, 3.8) is 0 Å². The van der Waals surface area contributed by atoms with Crippen LogP contribution in [0.2, 0.25) is 0 Å². The predicted molar refractivity (Wildman–Crippen MR) is 85.0 cm³/mol. The Kier molecular flexibility index (Phi) is 4.03. The molecule has 3 rings (SSSR count). The van der Waals surface area contributed by atoms with Crippen molar-refractivity contribution >= 4 is 11.5 Å². The Morgan fingerprint density at radius 1 is 1.29 bits per heavy atom. The molecule has 0 aromatic heterocycles. The van der Waals surface area contributed by atoms with Gasteiger partial charge in [-0.25, -0.2) is 0 Å². The largest absolute Gasteiger partial charge is 0.378 e. The summed E-state index contributed by atoms with van der Waals surface area (Å²) in [5.74, 6) is 0.433. The van der Waals surface area contributed by atoms with Gasteiger partial charge in [-0.3, -0.25) is 4.79 Å². The van der Waals surface area contributed by atoms with Gasteiger partial charge in [-0.2, -0.15) is 0 Å². The minimum Gasteiger partial charge on any atom is -0.378 e. The summed E-state index contributed by atoms with van der Waals surface area (Å²) in [4.78, 5) is 14.9. The minimum atomic E-state index is 0.0116. The second-order valence-corrected chi connectivity index (χ2v) is 6.74. The van der Waals surface area contributed by atoms with Crippen molar-refractivity contribution in [1.82, 2.24) is 0 Å². The molecule has 0 amide bonds. The van der Waals surface area contributed by atoms with Crippen molar-refractivity contribution in [3.05, 3.63) is 29.8 Å². The van der Waals surface area contributed by atoms with Gasteiger partial charge in [0.25, 0.3) is 0 Å². The third kappa shape index (κ3) is 2.98. The molecule has 0 radical (unpaired) electrons. The summed E-state index contributed by atoms with van der Waals surface area (Å²) in [6.07, 6.45) is 6.54. The van der Waals surface area contributed by atoms with Gasteiger partial charge in [0.1, 0.15) is 0 Å². The van der Waals surface area contributed by atoms with Gasteiger partial charge in [-0.1, -0.05) is 25.0 Å². The Bertz CT molecular complexity index is 518. The number of carbonyl (C=O) groups is 1. The molecule has 3 heteroatoms. The summed E-state index contributed by atoms with van der Waals surface area (Å²) >= 11 is 0. The van der Waals surface area contributed by atoms with Gasteiger partial charge in [0.05, 0.1) is 5.60 Å². The predicted octanol–water partition coefficient (Wildman–Crippen LogP) is 3.67. The molecule has 2 aliphatic rings. The topological polar surface area (TPSA) is 29.5 Å². The maximum atomic E-state index is 12.8. The van der Waals surface area contributed by atoms with Gasteiger partial charge in [0.15, 0.2) is 5.78 Å². The van der Waals surface area contributed by atoms with Gasteiger partial charge >= 0.3 is 0 Å². The molecule has 2 fully saturated rings. The number of nitrogens with zero attached hydrogens (tertiary/aromatic N) is 1. The van der Waals surface area contributed by atoms with E-state index in [9.17, 15) is 4.79 Å². The van der Waals surface area contributed by atoms with Gasteiger partial charge in [-0.15, -0.1) is 0 Å². The van der Waals surface area contributed by atoms with Crippen LogP contribution in [0.4, 0.5) is 5.69 Å². The van der Waals surface area contributed by atoms with E-state index in [4.69, 9.17) is 4.74 Å². The molecule has 1 aliphatic heterocycles. The Morgan fingerprint density at radius 3 is 2.76 bits per heavy atom. The van der Waals surface area contributed by atoms with Crippen LogP contribution in [0.15, 0.2) is 24.3 Å². The maximum Gasteiger partial charge on any atom is 0.166 e. The molecule has 1 aromatic carbocycles. The molecular formula is C18H25NO2. The van der Waals surface area contributed by atoms with Gasteiger partial charge in [-0.05, 0) is 37.8 Å². The number of hydrogen-bond acceptors (Lipinski definition) is 3. The monoisotopic (exact) mass is 287 g/mol. The van der Waals surface area contributed by atoms with Crippen LogP contribution < -0.4 is 4.90 Å². The molecule has 3 nitrogen and oxygen atoms in total. The number of benzene rings is 1. The van der Waals surface area contributed by atoms with E-state index in [1.807, 2.05) is 43.3 Å². The van der Waals surface area contributed by atoms with E-state index in [0.717, 1.165) is 43.5 Å². The molecule has 1 atom stereocenters. The number of hydrogen-bond donors (Lipinski definition) is 0. The van der Waals surface area contributed by atoms with Crippen LogP contribution >= 0.6 is 0 Å². The summed E-state index contributed by atoms with van der Waals surface area (Å²) in [6, 6.07) is 7.98. The van der Waals surface area contributed by atoms with Crippen LogP contribution in [-0.4, -0.2) is 32.1 Å². The zero-order chi connectivity index (χ0) is 14.9. The average Bonchev–Trinajstić information content (AvgIpc) is 2.94. The van der Waals surface area contributed by atoms with E-state index >= 15 is 0 Å². The van der Waals surface area contributed by atoms with Gasteiger partial charge < -0.3 is 9.64 Å². The van der Waals surface area contributed by atoms with Gasteiger partial charge in [0.2, 0.25) is 0 Å². The van der Waals surface area contributed by atoms with E-state index < -0.39 is 0 Å². The summed E-state index contributed by atoms with van der Waals surface area (Å²) in [5.41, 5.74) is 1.95. The van der Waals surface area contributed by atoms with E-state index in [1.54, 1.807) is 0 Å². The van der Waals surface area contributed by atoms with Crippen molar-refractivity contribution in [2.45, 2.75) is 44.1 Å². The number of carbonyl (C=O) groups excluding carboxylic acids is 1. The first-order chi connectivity index (χ1) is 10.1. The third-order valence-corrected chi connectivity index (χ3v) is 5.03. The molecule has 1 heterocycles. The van der Waals surface area contributed by atoms with Gasteiger partial charge in [0, 0.05) is 37.9 Å². The second kappa shape index (κ2) is 5.80. The molecule has 1 saturated carbocycles. The second-order valence-electron chi connectivity index (χ2n) is 6.74. The molecule has 1 saturated heterocycles. The van der Waals surface area contributed by atoms with Crippen LogP contribution in [0.25, 0.3) is 0 Å². The Morgan fingerprint density at radius 2 is 2.05 bits per heavy atom. The molecular weight excluding hydrogens is 262 g/mol. The van der Waals surface area contributed by atoms with Crippen LogP contribution in [0, 0.1) is 5.92 Å². The standard InChI is InChI=1S/C18H25NO2/c1-19(2)16-7-5-6-14(12-16)17(20)15-8-11-21-18(13-15)9-3-4-10-18/h5-7,12,15H,3-4,8-11,13H2,1-2H3. The highest BCUT2D eigenvalue weighted by Gasteiger charge is 2.41. The van der Waals surface area contributed by atoms with Crippen LogP contribution in [0.1, 0.15) is 48.9 Å². The highest BCUT2D eigenvalue weighted by molar-refractivity contribution is 5.98. The molecule has 114 valence electrons. The van der Waals surface area contributed by atoms with Crippen molar-refractivity contribution in [3.8, 4) is 0 Å². The molecule has 0 N–H and O–H groups in total. The summed E-state index contributed by atoms with van der Waals surface area (Å²) in [7, 11) is 4.01. The minimum absolute atomic E-state index is 0.0116. The lowest BCUT2D eigenvalue weighted by molar-refractivity contribution is -0.0866. The first-order valence-electron chi connectivity index (χ1n) is 8.05. The van der Waals surface area contributed by atoms with Crippen molar-refractivity contribution in [1.29, 1.82) is 0 Å². The number of ether oxygens (including phenoxy) is 1. The van der Waals surface area contributed by atoms with E-state index in [-0.39, 0.29) is 11.5 Å². The summed E-state index contributed by atoms with van der Waals surface area (Å²) in [5, 5.41) is 0. The Balaban J connectivity index is 1.76. The van der Waals surface area contributed by atoms with Crippen molar-refractivity contribution in [2.24, 2.45) is 5.92 Å². The first-order valence-corrected chi connectivity index (χ1v) is 8.05. The highest BCUT2D eigenvalue weighted by Crippen LogP contribution is 2.42. The van der Waals surface area contributed by atoms with Crippen molar-refractivity contribution in [2.75, 3.05) is 25.6 Å². The maximum absolute atomic E-state index is 12.8. The normalized spacial score (nSPS) is 24.2. The molecule has 1 aliphatic carbocycles. The molecule has 1 unspecified atom stereocenters. The Hall–Kier alpha value is -1.35. The molecule has 21 heavy (non-hydrogen) atoms. The average molecular weight is 287 g/mol. The number of ketones is 1. The lowest BCUT2D eigenvalue weighted by Gasteiger charge is -2.37. The van der Waals surface area contributed by atoms with E-state index in [0.29, 0.717) is 5.78 Å². The van der Waals surface area contributed by atoms with E-state index in [1.165, 1.54) is 12.8 Å². The van der Waals surface area contributed by atoms with Crippen molar-refractivity contribution < 1.29 is 9.53 Å². The van der Waals surface area contributed by atoms with Crippen LogP contribution in [0.3, 0.4) is 0 Å². The van der Waals surface area contributed by atoms with E-state index in [2.05, 4.69) is 0 Å². The quantitative estimate of drug-likeness (QED) is 0.794. The zero-order valence-electron chi connectivity index (χ0n) is 13.1. The fraction of sp³-hybridized carbons (Fsp3) is 0.611. The fourth-order valence-corrected chi connectivity index (χ4v) is 3.79. The number of anilines is 1. The number of rotatable bonds is 3. The SMILES string of the molecule is CN(C)c1cccc(C(=O)C2CCOC3(CCCC3)C2)c1. The Labute approximate surface area is 127 Å².